The van der Waals surface area contributed by atoms with Crippen LogP contribution in [0.1, 0.15) is 5.56 Å². The second-order valence-corrected chi connectivity index (χ2v) is 5.71. The Hall–Kier alpha value is -3.67. The van der Waals surface area contributed by atoms with Gasteiger partial charge in [0, 0.05) is 17.8 Å². The third-order valence-electron chi connectivity index (χ3n) is 3.97. The molecule has 4 rings (SSSR count). The van der Waals surface area contributed by atoms with E-state index >= 15 is 0 Å². The Kier molecular flexibility index (Phi) is 4.30. The van der Waals surface area contributed by atoms with Crippen LogP contribution in [0.3, 0.4) is 0 Å². The van der Waals surface area contributed by atoms with E-state index in [1.807, 2.05) is 54.6 Å². The summed E-state index contributed by atoms with van der Waals surface area (Å²) in [7, 11) is 0. The van der Waals surface area contributed by atoms with Crippen LogP contribution in [0.5, 0.6) is 5.88 Å². The van der Waals surface area contributed by atoms with Gasteiger partial charge in [-0.1, -0.05) is 36.4 Å². The molecule has 0 aliphatic carbocycles. The highest BCUT2D eigenvalue weighted by atomic mass is 16.5. The zero-order valence-corrected chi connectivity index (χ0v) is 13.8. The second-order valence-electron chi connectivity index (χ2n) is 5.71. The highest BCUT2D eigenvalue weighted by Gasteiger charge is 2.09. The number of rotatable bonds is 6. The van der Waals surface area contributed by atoms with Crippen molar-refractivity contribution in [3.8, 4) is 17.3 Å². The van der Waals surface area contributed by atoms with Gasteiger partial charge < -0.3 is 15.0 Å². The molecule has 4 aromatic rings. The molecule has 0 spiro atoms. The molecule has 2 heterocycles. The number of amides is 1. The van der Waals surface area contributed by atoms with Gasteiger partial charge in [-0.05, 0) is 23.8 Å². The van der Waals surface area contributed by atoms with Gasteiger partial charge >= 0.3 is 0 Å². The highest BCUT2D eigenvalue weighted by molar-refractivity contribution is 5.94. The smallest absolute Gasteiger partial charge is 0.213 e. The zero-order chi connectivity index (χ0) is 17.8. The summed E-state index contributed by atoms with van der Waals surface area (Å²) in [4.78, 5) is 22.9. The monoisotopic (exact) mass is 344 g/mol. The normalized spacial score (nSPS) is 10.6. The van der Waals surface area contributed by atoms with Crippen LogP contribution in [0.2, 0.25) is 0 Å². The van der Waals surface area contributed by atoms with E-state index in [-0.39, 0.29) is 0 Å². The molecule has 6 nitrogen and oxygen atoms in total. The molecule has 128 valence electrons. The van der Waals surface area contributed by atoms with E-state index in [0.717, 1.165) is 16.6 Å². The Balaban J connectivity index is 1.54. The number of aromatic nitrogens is 3. The van der Waals surface area contributed by atoms with Crippen LogP contribution in [0, 0.1) is 0 Å². The van der Waals surface area contributed by atoms with Crippen LogP contribution in [0.15, 0.2) is 66.9 Å². The SMILES string of the molecule is O=CNc1cccc2[nH]c(-c3ccc(OCc4ccccc4)nc3)nc12. The van der Waals surface area contributed by atoms with Gasteiger partial charge in [0.2, 0.25) is 12.3 Å². The lowest BCUT2D eigenvalue weighted by Crippen LogP contribution is -1.97. The topological polar surface area (TPSA) is 79.9 Å². The molecule has 0 bridgehead atoms. The molecule has 0 saturated carbocycles. The summed E-state index contributed by atoms with van der Waals surface area (Å²) < 4.78 is 5.70. The molecule has 0 unspecified atom stereocenters. The van der Waals surface area contributed by atoms with Crippen LogP contribution in [0.25, 0.3) is 22.4 Å². The average Bonchev–Trinajstić information content (AvgIpc) is 3.13. The number of imidazole rings is 1. The molecule has 0 aliphatic heterocycles. The van der Waals surface area contributed by atoms with Gasteiger partial charge in [-0.15, -0.1) is 0 Å². The number of carbonyl (C=O) groups is 1. The van der Waals surface area contributed by atoms with Crippen molar-refractivity contribution in [2.24, 2.45) is 0 Å². The minimum absolute atomic E-state index is 0.471. The number of hydrogen-bond donors (Lipinski definition) is 2. The van der Waals surface area contributed by atoms with E-state index < -0.39 is 0 Å². The molecule has 6 heteroatoms. The van der Waals surface area contributed by atoms with Crippen LogP contribution in [-0.4, -0.2) is 21.4 Å². The van der Waals surface area contributed by atoms with E-state index in [9.17, 15) is 4.79 Å². The van der Waals surface area contributed by atoms with Gasteiger partial charge in [-0.2, -0.15) is 0 Å². The Bertz CT molecular complexity index is 1030. The lowest BCUT2D eigenvalue weighted by Gasteiger charge is -2.05. The quantitative estimate of drug-likeness (QED) is 0.522. The van der Waals surface area contributed by atoms with Crippen molar-refractivity contribution in [3.05, 3.63) is 72.4 Å². The van der Waals surface area contributed by atoms with Gasteiger partial charge in [0.25, 0.3) is 0 Å². The number of nitrogens with one attached hydrogen (secondary N) is 2. The molecule has 26 heavy (non-hydrogen) atoms. The first-order valence-electron chi connectivity index (χ1n) is 8.15. The summed E-state index contributed by atoms with van der Waals surface area (Å²) in [6.45, 7) is 0.471. The van der Waals surface area contributed by atoms with E-state index in [2.05, 4.69) is 20.3 Å². The van der Waals surface area contributed by atoms with Crippen molar-refractivity contribution in [3.63, 3.8) is 0 Å². The number of nitrogens with zero attached hydrogens (tertiary/aromatic N) is 2. The fraction of sp³-hybridized carbons (Fsp3) is 0.0500. The molecule has 0 aliphatic rings. The van der Waals surface area contributed by atoms with Crippen molar-refractivity contribution >= 4 is 23.1 Å². The fourth-order valence-corrected chi connectivity index (χ4v) is 2.69. The molecule has 2 aromatic heterocycles. The molecule has 2 N–H and O–H groups in total. The standard InChI is InChI=1S/C20H16N4O2/c25-13-22-16-7-4-8-17-19(16)24-20(23-17)15-9-10-18(21-11-15)26-12-14-5-2-1-3-6-14/h1-11,13H,12H2,(H,22,25)(H,23,24). The summed E-state index contributed by atoms with van der Waals surface area (Å²) in [5, 5.41) is 2.66. The van der Waals surface area contributed by atoms with Crippen molar-refractivity contribution < 1.29 is 9.53 Å². The van der Waals surface area contributed by atoms with Crippen molar-refractivity contribution in [2.45, 2.75) is 6.61 Å². The first-order valence-corrected chi connectivity index (χ1v) is 8.15. The summed E-state index contributed by atoms with van der Waals surface area (Å²) >= 11 is 0. The highest BCUT2D eigenvalue weighted by Crippen LogP contribution is 2.25. The third-order valence-corrected chi connectivity index (χ3v) is 3.97. The number of anilines is 1. The Morgan fingerprint density at radius 3 is 2.69 bits per heavy atom. The lowest BCUT2D eigenvalue weighted by molar-refractivity contribution is -0.105. The van der Waals surface area contributed by atoms with Gasteiger partial charge in [-0.25, -0.2) is 9.97 Å². The predicted molar refractivity (Wildman–Crippen MR) is 99.8 cm³/mol. The lowest BCUT2D eigenvalue weighted by atomic mass is 10.2. The maximum absolute atomic E-state index is 10.7. The van der Waals surface area contributed by atoms with E-state index in [1.54, 1.807) is 12.3 Å². The minimum atomic E-state index is 0.471. The van der Waals surface area contributed by atoms with E-state index in [4.69, 9.17) is 4.74 Å². The second kappa shape index (κ2) is 7.06. The van der Waals surface area contributed by atoms with Gasteiger partial charge in [0.1, 0.15) is 17.9 Å². The van der Waals surface area contributed by atoms with Crippen LogP contribution < -0.4 is 10.1 Å². The maximum Gasteiger partial charge on any atom is 0.213 e. The Morgan fingerprint density at radius 1 is 1.04 bits per heavy atom. The number of pyridine rings is 1. The molecule has 0 radical (unpaired) electrons. The van der Waals surface area contributed by atoms with Crippen molar-refractivity contribution in [1.82, 2.24) is 15.0 Å². The molecular weight excluding hydrogens is 328 g/mol. The number of para-hydroxylation sites is 1. The number of benzene rings is 2. The largest absolute Gasteiger partial charge is 0.473 e. The fourth-order valence-electron chi connectivity index (χ4n) is 2.69. The number of fused-ring (bicyclic) bond motifs is 1. The summed E-state index contributed by atoms with van der Waals surface area (Å²) in [6.07, 6.45) is 2.36. The predicted octanol–water partition coefficient (Wildman–Crippen LogP) is 3.77. The number of H-pyrrole nitrogens is 1. The zero-order valence-electron chi connectivity index (χ0n) is 13.8. The van der Waals surface area contributed by atoms with E-state index in [0.29, 0.717) is 35.9 Å². The van der Waals surface area contributed by atoms with Gasteiger partial charge in [0.05, 0.1) is 11.2 Å². The Labute approximate surface area is 149 Å². The minimum Gasteiger partial charge on any atom is -0.473 e. The van der Waals surface area contributed by atoms with Crippen molar-refractivity contribution in [2.75, 3.05) is 5.32 Å². The first-order chi connectivity index (χ1) is 12.8. The van der Waals surface area contributed by atoms with Crippen molar-refractivity contribution in [1.29, 1.82) is 0 Å². The summed E-state index contributed by atoms with van der Waals surface area (Å²) in [5.41, 5.74) is 4.14. The van der Waals surface area contributed by atoms with E-state index in [1.165, 1.54) is 0 Å². The molecule has 0 saturated heterocycles. The van der Waals surface area contributed by atoms with Gasteiger partial charge in [-0.3, -0.25) is 4.79 Å². The third kappa shape index (κ3) is 3.25. The number of hydrogen-bond acceptors (Lipinski definition) is 4. The summed E-state index contributed by atoms with van der Waals surface area (Å²) in [6, 6.07) is 19.2. The van der Waals surface area contributed by atoms with Crippen LogP contribution in [0.4, 0.5) is 5.69 Å². The first kappa shape index (κ1) is 15.8. The number of carbonyl (C=O) groups excluding carboxylic acids is 1. The summed E-state index contributed by atoms with van der Waals surface area (Å²) in [5.74, 6) is 1.24. The molecule has 0 atom stereocenters. The molecule has 1 amide bonds. The maximum atomic E-state index is 10.7. The number of aromatic amines is 1. The molecule has 0 fully saturated rings. The van der Waals surface area contributed by atoms with Crippen LogP contribution >= 0.6 is 0 Å². The van der Waals surface area contributed by atoms with Crippen LogP contribution in [-0.2, 0) is 11.4 Å². The number of ether oxygens (including phenoxy) is 1. The average molecular weight is 344 g/mol. The van der Waals surface area contributed by atoms with Gasteiger partial charge in [0.15, 0.2) is 0 Å². The molecular formula is C20H16N4O2. The molecule has 2 aromatic carbocycles. The Morgan fingerprint density at radius 2 is 1.92 bits per heavy atom.